The van der Waals surface area contributed by atoms with E-state index in [1.54, 1.807) is 30.2 Å². The van der Waals surface area contributed by atoms with Gasteiger partial charge in [0.05, 0.1) is 18.8 Å². The fourth-order valence-electron chi connectivity index (χ4n) is 5.09. The average Bonchev–Trinajstić information content (AvgIpc) is 3.46. The second-order valence-electron chi connectivity index (χ2n) is 9.62. The van der Waals surface area contributed by atoms with Crippen LogP contribution in [-0.2, 0) is 9.59 Å². The number of amides is 2. The zero-order valence-corrected chi connectivity index (χ0v) is 21.4. The van der Waals surface area contributed by atoms with Crippen molar-refractivity contribution in [3.05, 3.63) is 78.4 Å². The molecule has 0 aromatic heterocycles. The highest BCUT2D eigenvalue weighted by Gasteiger charge is 2.31. The molecule has 3 aromatic carbocycles. The van der Waals surface area contributed by atoms with Crippen LogP contribution >= 0.6 is 0 Å². The summed E-state index contributed by atoms with van der Waals surface area (Å²) in [6, 6.07) is 23.9. The molecule has 0 saturated carbocycles. The number of rotatable bonds is 8. The van der Waals surface area contributed by atoms with Gasteiger partial charge in [0.1, 0.15) is 18.0 Å². The molecular formula is C30H33N3O4. The first-order valence-corrected chi connectivity index (χ1v) is 12.8. The van der Waals surface area contributed by atoms with Crippen LogP contribution in [0.3, 0.4) is 0 Å². The molecule has 2 amide bonds. The largest absolute Gasteiger partial charge is 0.497 e. The van der Waals surface area contributed by atoms with Gasteiger partial charge in [-0.05, 0) is 54.8 Å². The Morgan fingerprint density at radius 2 is 1.70 bits per heavy atom. The number of benzene rings is 3. The van der Waals surface area contributed by atoms with Gasteiger partial charge in [-0.25, -0.2) is 0 Å². The highest BCUT2D eigenvalue weighted by molar-refractivity contribution is 6.02. The summed E-state index contributed by atoms with van der Waals surface area (Å²) in [5.41, 5.74) is 3.94. The number of hydrogen-bond donors (Lipinski definition) is 0. The molecule has 1 saturated heterocycles. The first-order chi connectivity index (χ1) is 18.0. The third-order valence-electron chi connectivity index (χ3n) is 7.30. The van der Waals surface area contributed by atoms with Gasteiger partial charge in [-0.3, -0.25) is 14.5 Å². The maximum absolute atomic E-state index is 13.6. The molecule has 2 heterocycles. The smallest absolute Gasteiger partial charge is 0.265 e. The molecule has 0 spiro atoms. The Morgan fingerprint density at radius 1 is 1.00 bits per heavy atom. The molecule has 0 bridgehead atoms. The summed E-state index contributed by atoms with van der Waals surface area (Å²) in [6.45, 7) is 2.69. The number of carbonyl (C=O) groups is 2. The van der Waals surface area contributed by atoms with Crippen molar-refractivity contribution in [1.29, 1.82) is 0 Å². The lowest BCUT2D eigenvalue weighted by atomic mass is 9.99. The standard InChI is InChI=1S/C30H33N3O4/c1-31(29(34)20-33-26-18-25(36-2)14-15-28(26)37-21-30(33)35)27(19-32-16-6-7-17-32)24-12-10-23(11-13-24)22-8-4-3-5-9-22/h3-5,8-15,18,27H,6-7,16-17,19-21H2,1-2H3. The van der Waals surface area contributed by atoms with Crippen LogP contribution in [0.2, 0.25) is 0 Å². The van der Waals surface area contributed by atoms with Gasteiger partial charge in [0.25, 0.3) is 5.91 Å². The quantitative estimate of drug-likeness (QED) is 0.460. The van der Waals surface area contributed by atoms with Gasteiger partial charge < -0.3 is 19.3 Å². The third-order valence-corrected chi connectivity index (χ3v) is 7.30. The van der Waals surface area contributed by atoms with E-state index in [0.29, 0.717) is 17.2 Å². The number of hydrogen-bond acceptors (Lipinski definition) is 5. The van der Waals surface area contributed by atoms with E-state index in [1.807, 2.05) is 25.2 Å². The van der Waals surface area contributed by atoms with E-state index in [1.165, 1.54) is 17.7 Å². The van der Waals surface area contributed by atoms with E-state index in [0.717, 1.165) is 36.3 Å². The van der Waals surface area contributed by atoms with Crippen LogP contribution in [0, 0.1) is 0 Å². The van der Waals surface area contributed by atoms with Crippen LogP contribution in [0.15, 0.2) is 72.8 Å². The number of likely N-dealkylation sites (tertiary alicyclic amines) is 1. The Kier molecular flexibility index (Phi) is 7.42. The normalized spacial score (nSPS) is 16.2. The fraction of sp³-hybridized carbons (Fsp3) is 0.333. The molecule has 0 radical (unpaired) electrons. The number of likely N-dealkylation sites (N-methyl/N-ethyl adjacent to an activating group) is 1. The summed E-state index contributed by atoms with van der Waals surface area (Å²) in [5.74, 6) is 0.806. The Bertz CT molecular complexity index is 1240. The maximum Gasteiger partial charge on any atom is 0.265 e. The number of carbonyl (C=O) groups excluding carboxylic acids is 2. The van der Waals surface area contributed by atoms with E-state index >= 15 is 0 Å². The van der Waals surface area contributed by atoms with Crippen molar-refractivity contribution < 1.29 is 19.1 Å². The Balaban J connectivity index is 1.38. The van der Waals surface area contributed by atoms with Crippen LogP contribution in [0.4, 0.5) is 5.69 Å². The van der Waals surface area contributed by atoms with Crippen LogP contribution in [0.25, 0.3) is 11.1 Å². The average molecular weight is 500 g/mol. The van der Waals surface area contributed by atoms with E-state index in [9.17, 15) is 9.59 Å². The van der Waals surface area contributed by atoms with Crippen molar-refractivity contribution in [2.45, 2.75) is 18.9 Å². The second kappa shape index (κ2) is 11.0. The van der Waals surface area contributed by atoms with Crippen molar-refractivity contribution in [3.8, 4) is 22.6 Å². The van der Waals surface area contributed by atoms with Crippen molar-refractivity contribution in [3.63, 3.8) is 0 Å². The number of nitrogens with zero attached hydrogens (tertiary/aromatic N) is 3. The van der Waals surface area contributed by atoms with Gasteiger partial charge in [0.15, 0.2) is 6.61 Å². The summed E-state index contributed by atoms with van der Waals surface area (Å²) in [4.78, 5) is 32.1. The molecule has 192 valence electrons. The van der Waals surface area contributed by atoms with Gasteiger partial charge in [0.2, 0.25) is 5.91 Å². The second-order valence-corrected chi connectivity index (χ2v) is 9.62. The summed E-state index contributed by atoms with van der Waals surface area (Å²) in [5, 5.41) is 0. The number of fused-ring (bicyclic) bond motifs is 1. The zero-order valence-electron chi connectivity index (χ0n) is 21.4. The monoisotopic (exact) mass is 499 g/mol. The van der Waals surface area contributed by atoms with Crippen molar-refractivity contribution in [2.24, 2.45) is 0 Å². The Morgan fingerprint density at radius 3 is 2.41 bits per heavy atom. The van der Waals surface area contributed by atoms with Gasteiger partial charge in [0, 0.05) is 19.7 Å². The maximum atomic E-state index is 13.6. The van der Waals surface area contributed by atoms with Gasteiger partial charge in [-0.15, -0.1) is 0 Å². The molecule has 7 nitrogen and oxygen atoms in total. The van der Waals surface area contributed by atoms with E-state index in [2.05, 4.69) is 41.3 Å². The molecule has 3 aromatic rings. The van der Waals surface area contributed by atoms with Gasteiger partial charge in [-0.1, -0.05) is 54.6 Å². The van der Waals surface area contributed by atoms with Crippen LogP contribution in [-0.4, -0.2) is 68.6 Å². The molecule has 7 heteroatoms. The van der Waals surface area contributed by atoms with Crippen LogP contribution in [0.1, 0.15) is 24.4 Å². The number of anilines is 1. The van der Waals surface area contributed by atoms with E-state index < -0.39 is 0 Å². The summed E-state index contributed by atoms with van der Waals surface area (Å²) >= 11 is 0. The summed E-state index contributed by atoms with van der Waals surface area (Å²) in [7, 11) is 3.41. The number of methoxy groups -OCH3 is 1. The third kappa shape index (κ3) is 5.47. The fourth-order valence-corrected chi connectivity index (χ4v) is 5.09. The van der Waals surface area contributed by atoms with Crippen molar-refractivity contribution in [2.75, 3.05) is 51.8 Å². The van der Waals surface area contributed by atoms with Crippen molar-refractivity contribution >= 4 is 17.5 Å². The van der Waals surface area contributed by atoms with Crippen LogP contribution in [0.5, 0.6) is 11.5 Å². The Labute approximate surface area is 218 Å². The highest BCUT2D eigenvalue weighted by Crippen LogP contribution is 2.35. The summed E-state index contributed by atoms with van der Waals surface area (Å²) in [6.07, 6.45) is 2.36. The minimum atomic E-state index is -0.245. The minimum Gasteiger partial charge on any atom is -0.497 e. The van der Waals surface area contributed by atoms with Crippen LogP contribution < -0.4 is 14.4 Å². The molecular weight excluding hydrogens is 466 g/mol. The first-order valence-electron chi connectivity index (χ1n) is 12.8. The van der Waals surface area contributed by atoms with E-state index in [4.69, 9.17) is 9.47 Å². The zero-order chi connectivity index (χ0) is 25.8. The lowest BCUT2D eigenvalue weighted by molar-refractivity contribution is -0.133. The molecule has 0 aliphatic carbocycles. The lowest BCUT2D eigenvalue weighted by Gasteiger charge is -2.35. The van der Waals surface area contributed by atoms with Crippen molar-refractivity contribution in [1.82, 2.24) is 9.80 Å². The molecule has 1 fully saturated rings. The molecule has 2 aliphatic heterocycles. The molecule has 1 atom stereocenters. The molecule has 0 N–H and O–H groups in total. The Hall–Kier alpha value is -3.84. The predicted octanol–water partition coefficient (Wildman–Crippen LogP) is 4.38. The van der Waals surface area contributed by atoms with E-state index in [-0.39, 0.29) is 31.0 Å². The SMILES string of the molecule is COc1ccc2c(c1)N(CC(=O)N(C)C(CN1CCCC1)c1ccc(-c3ccccc3)cc1)C(=O)CO2. The highest BCUT2D eigenvalue weighted by atomic mass is 16.5. The predicted molar refractivity (Wildman–Crippen MR) is 144 cm³/mol. The number of ether oxygens (including phenoxy) is 2. The van der Waals surface area contributed by atoms with Gasteiger partial charge >= 0.3 is 0 Å². The molecule has 37 heavy (non-hydrogen) atoms. The lowest BCUT2D eigenvalue weighted by Crippen LogP contribution is -2.47. The van der Waals surface area contributed by atoms with Gasteiger partial charge in [-0.2, -0.15) is 0 Å². The first kappa shape index (κ1) is 24.8. The molecule has 1 unspecified atom stereocenters. The molecule has 5 rings (SSSR count). The topological polar surface area (TPSA) is 62.3 Å². The molecule has 2 aliphatic rings. The summed E-state index contributed by atoms with van der Waals surface area (Å²) < 4.78 is 10.9. The minimum absolute atomic E-state index is 0.0581.